The quantitative estimate of drug-likeness (QED) is 0.00644. The Morgan fingerprint density at radius 3 is 1.51 bits per heavy atom. The topological polar surface area (TPSA) is 513 Å². The van der Waals surface area contributed by atoms with Crippen LogP contribution >= 0.6 is 0 Å². The fourth-order valence-electron chi connectivity index (χ4n) is 13.1. The van der Waals surface area contributed by atoms with Gasteiger partial charge < -0.3 is 78.5 Å². The summed E-state index contributed by atoms with van der Waals surface area (Å²) >= 11 is 0. The highest BCUT2D eigenvalue weighted by molar-refractivity contribution is 7.90. The van der Waals surface area contributed by atoms with Crippen LogP contribution in [0.4, 0.5) is 0 Å². The van der Waals surface area contributed by atoms with E-state index in [1.54, 1.807) is 56.0 Å². The molecule has 3 aromatic heterocycles. The molecule has 1 aromatic carbocycles. The van der Waals surface area contributed by atoms with Crippen LogP contribution in [0.15, 0.2) is 102 Å². The number of sulfone groups is 1. The van der Waals surface area contributed by atoms with Crippen LogP contribution in [0.1, 0.15) is 346 Å². The van der Waals surface area contributed by atoms with E-state index >= 15 is 0 Å². The zero-order valence-corrected chi connectivity index (χ0v) is 93.4. The number of nitrogens with one attached hydrogen (secondary N) is 3. The molecule has 5 rings (SSSR count). The van der Waals surface area contributed by atoms with E-state index in [2.05, 4.69) is 56.7 Å². The van der Waals surface area contributed by atoms with Gasteiger partial charge in [0.1, 0.15) is 63.3 Å². The number of rotatable bonds is 45. The number of fused-ring (bicyclic) bond motifs is 1. The van der Waals surface area contributed by atoms with E-state index in [0.29, 0.717) is 129 Å². The number of ketones is 10. The highest BCUT2D eigenvalue weighted by atomic mass is 32.2. The molecule has 6 atom stereocenters. The van der Waals surface area contributed by atoms with Crippen LogP contribution in [-0.2, 0) is 65.9 Å². The summed E-state index contributed by atoms with van der Waals surface area (Å²) in [7, 11) is 3.20. The number of aliphatic imine (C=N–C) groups is 2. The molecule has 0 bridgehead atoms. The van der Waals surface area contributed by atoms with Crippen LogP contribution in [0.2, 0.25) is 0 Å². The number of benzene rings is 1. The fourth-order valence-corrected chi connectivity index (χ4v) is 13.6. The van der Waals surface area contributed by atoms with Crippen LogP contribution in [0, 0.1) is 52.8 Å². The summed E-state index contributed by atoms with van der Waals surface area (Å²) in [6.07, 6.45) is 16.9. The molecular formula is C108H193N14O17S+. The molecular weight excluding hydrogens is 1800 g/mol. The lowest BCUT2D eigenvalue weighted by Gasteiger charge is -2.31. The van der Waals surface area contributed by atoms with Crippen molar-refractivity contribution in [2.24, 2.45) is 91.4 Å². The molecule has 0 radical (unpaired) electrons. The molecule has 1 aliphatic rings. The van der Waals surface area contributed by atoms with E-state index in [1.165, 1.54) is 13.2 Å². The molecule has 16 N–H and O–H groups in total. The third-order valence-electron chi connectivity index (χ3n) is 20.4. The first-order valence-electron chi connectivity index (χ1n) is 49.7. The van der Waals surface area contributed by atoms with Crippen LogP contribution < -0.4 is 44.6 Å². The van der Waals surface area contributed by atoms with Crippen molar-refractivity contribution in [3.8, 4) is 0 Å². The molecule has 0 aliphatic carbocycles. The summed E-state index contributed by atoms with van der Waals surface area (Å²) in [4.78, 5) is 142. The van der Waals surface area contributed by atoms with E-state index in [-0.39, 0.29) is 164 Å². The molecule has 3 unspecified atom stereocenters. The average molecular weight is 1990 g/mol. The van der Waals surface area contributed by atoms with Crippen LogP contribution in [0.25, 0.3) is 0 Å². The Labute approximate surface area is 844 Å². The number of hydrogen-bond acceptors (Lipinski definition) is 24. The van der Waals surface area contributed by atoms with Crippen molar-refractivity contribution in [1.29, 1.82) is 0 Å². The Bertz CT molecular complexity index is 4360. The zero-order valence-electron chi connectivity index (χ0n) is 92.6. The second-order valence-electron chi connectivity index (χ2n) is 43.7. The third-order valence-corrected chi connectivity index (χ3v) is 21.3. The van der Waals surface area contributed by atoms with Gasteiger partial charge in [0.2, 0.25) is 5.78 Å². The third kappa shape index (κ3) is 77.8. The summed E-state index contributed by atoms with van der Waals surface area (Å²) in [5.74, 6) is 2.66. The number of carbonyl (C=O) groups excluding carboxylic acids is 11. The highest BCUT2D eigenvalue weighted by Crippen LogP contribution is 2.32. The van der Waals surface area contributed by atoms with Crippen molar-refractivity contribution in [3.05, 3.63) is 120 Å². The number of carbonyl (C=O) groups is 11. The summed E-state index contributed by atoms with van der Waals surface area (Å²) in [5, 5.41) is 37.3. The van der Waals surface area contributed by atoms with E-state index in [1.807, 2.05) is 241 Å². The standard InChI is InChI=1S/C18H19NO2.C17H32O3.C11H24N4O.C10H14N2O.C10H22NO2.C9H20N4O.C9H11NO.C9H18O2.C8H16O2.C7H17NO2S/c1-12(2)17(20)14-10-15-8-9-16(19(15)11-14)18(21)13-6-4-3-5-7-13;1-6-7-9-14(18)10-8-11-15(19)16(20)17(4,5)12-13(2)3;1-8(16)9(12)6-5-7-14-10(13)15-11(2,3)4;1-10(2,3)12-9(13)8-5-4-6-11-7-8;1-8(2)10(13)6-9(12)7-11(3,4)5;1-6(2)8(14)7(10)4-3-5-13-9(11)12;1-7(2)9(11)8-4-3-5-10-6-8;1-8(10)6-5-7-11-9(2,3)4;1-6(2)8(10)7(3)4-5-9;1-7(2,3)8-5-6-11(4,9)10/h3-9,12,14H,10-11H2,1-2H3;13,16,20H,6-12H2,1-5H3;9H,5-7,12H2,1-4H3,(H3,13,14,15);4-7H,1-3H3,(H,12,13);8-9,12H,6-7H2,1-5H3;6-7H,3-5,10H2,1-2H3,(H4,11,12,13);3-7H,1-2H3;5-7H2,1-4H3;6-7,9H,4-5H2,1-3H3;8H,5-6H2,1-4H3/q;;;;+1;;;;;/t;16-;9-;;;7-;;;;/m.00..0..../s1. The molecule has 802 valence electrons. The molecule has 1 aliphatic heterocycles. The van der Waals surface area contributed by atoms with E-state index in [9.17, 15) is 71.4 Å². The van der Waals surface area contributed by atoms with Crippen molar-refractivity contribution in [1.82, 2.24) is 30.5 Å². The van der Waals surface area contributed by atoms with Crippen molar-refractivity contribution in [3.63, 3.8) is 0 Å². The summed E-state index contributed by atoms with van der Waals surface area (Å²) in [6.45, 7) is 61.6. The molecule has 0 fully saturated rings. The van der Waals surface area contributed by atoms with Crippen molar-refractivity contribution < 1.29 is 85.7 Å². The second kappa shape index (κ2) is 72.4. The van der Waals surface area contributed by atoms with Crippen LogP contribution in [0.3, 0.4) is 0 Å². The number of guanidine groups is 2. The molecule has 32 heteroatoms. The number of quaternary nitrogens is 1. The van der Waals surface area contributed by atoms with Gasteiger partial charge in [0.15, 0.2) is 29.3 Å². The number of nitrogens with two attached hydrogens (primary N) is 5. The Morgan fingerprint density at radius 2 is 1.09 bits per heavy atom. The lowest BCUT2D eigenvalue weighted by atomic mass is 9.77. The summed E-state index contributed by atoms with van der Waals surface area (Å²) < 4.78 is 29.5. The van der Waals surface area contributed by atoms with Gasteiger partial charge in [-0.2, -0.15) is 0 Å². The van der Waals surface area contributed by atoms with Crippen molar-refractivity contribution >= 4 is 85.5 Å². The number of pyridine rings is 2. The number of nitrogens with zero attached hydrogens (tertiary/aromatic N) is 6. The number of Topliss-reactive ketones (excluding diaryl/α,β-unsaturated/α-hetero) is 9. The van der Waals surface area contributed by atoms with E-state index < -0.39 is 27.5 Å². The SMILES string of the molecule is CC(=O)CCCOC(C)(C)C.CC(=O)[C@@H](N)CCCN=C(N)NC(C)(C)C.CC(C)(C)NC(=O)c1cccnc1.CC(C)(C)NCCS(C)(=O)=O.CC(C)C(=O)C(C)CCO.CC(C)C(=O)C1Cc2ccc(C(=O)c3ccccc3)n2C1.CC(C)C(=O)CC(O)C[N+](C)(C)C.CC(C)C(=O)[C@@H](N)CCCN=C(N)N.CC(C)C(=O)c1cccnc1.CCCCC(=O)CCCC(=O)[C@H](O)C(C)(C)CC(C)C. The van der Waals surface area contributed by atoms with E-state index in [4.69, 9.17) is 38.5 Å². The second-order valence-corrected chi connectivity index (χ2v) is 46.0. The number of aliphatic hydroxyl groups is 3. The van der Waals surface area contributed by atoms with Gasteiger partial charge in [0.05, 0.1) is 55.8 Å². The van der Waals surface area contributed by atoms with Gasteiger partial charge in [-0.15, -0.1) is 0 Å². The predicted octanol–water partition coefficient (Wildman–Crippen LogP) is 15.0. The predicted molar refractivity (Wildman–Crippen MR) is 571 cm³/mol. The molecule has 0 saturated carbocycles. The number of ether oxygens (including phenoxy) is 1. The lowest BCUT2D eigenvalue weighted by molar-refractivity contribution is -0.873. The first-order chi connectivity index (χ1) is 64.1. The van der Waals surface area contributed by atoms with Crippen molar-refractivity contribution in [2.45, 2.75) is 363 Å². The first kappa shape index (κ1) is 140. The fraction of sp³-hybridized carbons (Fsp3) is 0.694. The van der Waals surface area contributed by atoms with Crippen LogP contribution in [-0.4, -0.2) is 237 Å². The molecule has 31 nitrogen and oxygen atoms in total. The normalized spacial score (nSPS) is 13.6. The minimum Gasteiger partial charge on any atom is -0.396 e. The largest absolute Gasteiger partial charge is 0.396 e. The monoisotopic (exact) mass is 1990 g/mol. The maximum atomic E-state index is 12.6. The number of amides is 1. The number of aliphatic hydroxyl groups excluding tert-OH is 3. The Balaban J connectivity index is -0.000000487. The van der Waals surface area contributed by atoms with Gasteiger partial charge in [-0.1, -0.05) is 148 Å². The number of hydrogen-bond donors (Lipinski definition) is 11. The Hall–Kier alpha value is -8.86. The average Bonchev–Trinajstić information content (AvgIpc) is 1.63. The molecule has 1 amide bonds. The van der Waals surface area contributed by atoms with Gasteiger partial charge >= 0.3 is 0 Å². The van der Waals surface area contributed by atoms with E-state index in [0.717, 1.165) is 50.6 Å². The number of likely N-dealkylation sites (N-methyl/N-ethyl adjacent to an activating group) is 1. The minimum atomic E-state index is -2.81. The van der Waals surface area contributed by atoms with Gasteiger partial charge in [-0.3, -0.25) is 67.9 Å². The Morgan fingerprint density at radius 1 is 0.579 bits per heavy atom. The number of aromatic nitrogens is 3. The minimum absolute atomic E-state index is 0.00465. The smallest absolute Gasteiger partial charge is 0.253 e. The highest BCUT2D eigenvalue weighted by Gasteiger charge is 2.35. The maximum absolute atomic E-state index is 12.6. The van der Waals surface area contributed by atoms with Crippen LogP contribution in [0.5, 0.6) is 0 Å². The van der Waals surface area contributed by atoms with Gasteiger partial charge in [0.25, 0.3) is 5.91 Å². The molecule has 140 heavy (non-hydrogen) atoms. The maximum Gasteiger partial charge on any atom is 0.253 e. The van der Waals surface area contributed by atoms with Gasteiger partial charge in [-0.25, -0.2) is 8.42 Å². The molecule has 4 aromatic rings. The lowest BCUT2D eigenvalue weighted by Crippen LogP contribution is -2.45. The first-order valence-corrected chi connectivity index (χ1v) is 51.8. The molecule has 0 saturated heterocycles. The van der Waals surface area contributed by atoms with Gasteiger partial charge in [-0.05, 0) is 209 Å². The number of unbranched alkanes of at least 4 members (excludes halogenated alkanes) is 1. The zero-order chi connectivity index (χ0) is 110. The Kier molecular flexibility index (Phi) is 72.2. The molecule has 4 heterocycles. The molecule has 0 spiro atoms. The van der Waals surface area contributed by atoms with Gasteiger partial charge in [0, 0.05) is 177 Å². The van der Waals surface area contributed by atoms with Crippen molar-refractivity contribution in [2.75, 3.05) is 72.5 Å². The summed E-state index contributed by atoms with van der Waals surface area (Å²) in [5.41, 5.74) is 30.3. The summed E-state index contributed by atoms with van der Waals surface area (Å²) in [6, 6.07) is 19.4.